The summed E-state index contributed by atoms with van der Waals surface area (Å²) in [5.74, 6) is 0. The standard InChI is InChI=1S/C10H16N4S/c1-13(2)4-3-11-7-9-8-14-5-6-15-10(14)12-9/h5-6,8,11H,3-4,7H2,1-2H3. The summed E-state index contributed by atoms with van der Waals surface area (Å²) in [5.41, 5.74) is 1.11. The molecule has 0 spiro atoms. The van der Waals surface area contributed by atoms with Gasteiger partial charge in [0.1, 0.15) is 0 Å². The first-order valence-electron chi connectivity index (χ1n) is 5.02. The quantitative estimate of drug-likeness (QED) is 0.771. The number of rotatable bonds is 5. The van der Waals surface area contributed by atoms with Crippen LogP contribution in [0.15, 0.2) is 17.8 Å². The van der Waals surface area contributed by atoms with E-state index in [0.717, 1.165) is 30.3 Å². The zero-order valence-electron chi connectivity index (χ0n) is 9.10. The fourth-order valence-corrected chi connectivity index (χ4v) is 2.10. The van der Waals surface area contributed by atoms with E-state index in [4.69, 9.17) is 0 Å². The first kappa shape index (κ1) is 10.6. The number of nitrogens with one attached hydrogen (secondary N) is 1. The van der Waals surface area contributed by atoms with Gasteiger partial charge in [-0.2, -0.15) is 0 Å². The van der Waals surface area contributed by atoms with Gasteiger partial charge >= 0.3 is 0 Å². The van der Waals surface area contributed by atoms with Crippen molar-refractivity contribution in [1.29, 1.82) is 0 Å². The fraction of sp³-hybridized carbons (Fsp3) is 0.500. The first-order chi connectivity index (χ1) is 7.25. The van der Waals surface area contributed by atoms with Gasteiger partial charge in [-0.3, -0.25) is 4.40 Å². The molecule has 0 aromatic carbocycles. The molecule has 4 nitrogen and oxygen atoms in total. The Morgan fingerprint density at radius 3 is 3.13 bits per heavy atom. The first-order valence-corrected chi connectivity index (χ1v) is 5.90. The summed E-state index contributed by atoms with van der Waals surface area (Å²) in [6.45, 7) is 2.91. The highest BCUT2D eigenvalue weighted by Crippen LogP contribution is 2.10. The highest BCUT2D eigenvalue weighted by atomic mass is 32.1. The Bertz CT molecular complexity index is 389. The molecular formula is C10H16N4S. The maximum atomic E-state index is 4.49. The van der Waals surface area contributed by atoms with Gasteiger partial charge in [0.25, 0.3) is 0 Å². The topological polar surface area (TPSA) is 32.6 Å². The Kier molecular flexibility index (Phi) is 3.35. The molecule has 2 heterocycles. The molecule has 0 amide bonds. The van der Waals surface area contributed by atoms with Crippen molar-refractivity contribution in [3.8, 4) is 0 Å². The molecule has 2 rings (SSSR count). The molecule has 0 aliphatic rings. The SMILES string of the molecule is CN(C)CCNCc1cn2ccsc2n1. The highest BCUT2D eigenvalue weighted by Gasteiger charge is 2.01. The molecule has 0 fully saturated rings. The van der Waals surface area contributed by atoms with Crippen molar-refractivity contribution in [2.45, 2.75) is 6.54 Å². The van der Waals surface area contributed by atoms with E-state index in [-0.39, 0.29) is 0 Å². The van der Waals surface area contributed by atoms with Gasteiger partial charge in [0.05, 0.1) is 5.69 Å². The number of aromatic nitrogens is 2. The largest absolute Gasteiger partial charge is 0.310 e. The minimum Gasteiger partial charge on any atom is -0.310 e. The van der Waals surface area contributed by atoms with Crippen molar-refractivity contribution in [3.63, 3.8) is 0 Å². The van der Waals surface area contributed by atoms with Crippen LogP contribution in [0.1, 0.15) is 5.69 Å². The van der Waals surface area contributed by atoms with Crippen LogP contribution in [-0.4, -0.2) is 41.5 Å². The number of fused-ring (bicyclic) bond motifs is 1. The molecule has 0 aliphatic carbocycles. The molecule has 5 heteroatoms. The second-order valence-electron chi connectivity index (χ2n) is 3.81. The maximum absolute atomic E-state index is 4.49. The molecular weight excluding hydrogens is 208 g/mol. The zero-order chi connectivity index (χ0) is 10.7. The normalized spacial score (nSPS) is 11.7. The van der Waals surface area contributed by atoms with Gasteiger partial charge in [-0.15, -0.1) is 11.3 Å². The minimum atomic E-state index is 0.849. The summed E-state index contributed by atoms with van der Waals surface area (Å²) in [4.78, 5) is 7.73. The summed E-state index contributed by atoms with van der Waals surface area (Å²) in [5, 5.41) is 5.42. The summed E-state index contributed by atoms with van der Waals surface area (Å²) in [7, 11) is 4.16. The van der Waals surface area contributed by atoms with Gasteiger partial charge in [-0.25, -0.2) is 4.98 Å². The summed E-state index contributed by atoms with van der Waals surface area (Å²) < 4.78 is 2.06. The second-order valence-corrected chi connectivity index (χ2v) is 4.68. The lowest BCUT2D eigenvalue weighted by Gasteiger charge is -2.09. The van der Waals surface area contributed by atoms with Crippen molar-refractivity contribution in [1.82, 2.24) is 19.6 Å². The van der Waals surface area contributed by atoms with Gasteiger partial charge < -0.3 is 10.2 Å². The van der Waals surface area contributed by atoms with Crippen molar-refractivity contribution in [3.05, 3.63) is 23.5 Å². The van der Waals surface area contributed by atoms with Crippen molar-refractivity contribution >= 4 is 16.3 Å². The molecule has 82 valence electrons. The minimum absolute atomic E-state index is 0.849. The van der Waals surface area contributed by atoms with Crippen LogP contribution in [0, 0.1) is 0 Å². The molecule has 1 N–H and O–H groups in total. The van der Waals surface area contributed by atoms with E-state index < -0.39 is 0 Å². The third-order valence-electron chi connectivity index (χ3n) is 2.19. The van der Waals surface area contributed by atoms with E-state index in [9.17, 15) is 0 Å². The zero-order valence-corrected chi connectivity index (χ0v) is 9.92. The van der Waals surface area contributed by atoms with Gasteiger partial charge in [0, 0.05) is 37.4 Å². The van der Waals surface area contributed by atoms with Crippen LogP contribution in [0.5, 0.6) is 0 Å². The number of thiazole rings is 1. The number of hydrogen-bond acceptors (Lipinski definition) is 4. The van der Waals surface area contributed by atoms with Crippen molar-refractivity contribution in [2.75, 3.05) is 27.2 Å². The van der Waals surface area contributed by atoms with E-state index in [2.05, 4.69) is 39.9 Å². The Hall–Kier alpha value is -0.910. The number of nitrogens with zero attached hydrogens (tertiary/aromatic N) is 3. The molecule has 0 saturated heterocycles. The lowest BCUT2D eigenvalue weighted by Crippen LogP contribution is -2.26. The molecule has 0 radical (unpaired) electrons. The second kappa shape index (κ2) is 4.74. The Labute approximate surface area is 93.5 Å². The predicted molar refractivity (Wildman–Crippen MR) is 63.3 cm³/mol. The third kappa shape index (κ3) is 2.77. The fourth-order valence-electron chi connectivity index (χ4n) is 1.38. The summed E-state index contributed by atoms with van der Waals surface area (Å²) in [6.07, 6.45) is 4.12. The summed E-state index contributed by atoms with van der Waals surface area (Å²) in [6, 6.07) is 0. The average Bonchev–Trinajstić information content (AvgIpc) is 2.71. The number of imidazole rings is 1. The molecule has 0 unspecified atom stereocenters. The lowest BCUT2D eigenvalue weighted by molar-refractivity contribution is 0.399. The van der Waals surface area contributed by atoms with E-state index in [0.29, 0.717) is 0 Å². The lowest BCUT2D eigenvalue weighted by atomic mass is 10.4. The Morgan fingerprint density at radius 1 is 1.53 bits per heavy atom. The molecule has 0 saturated carbocycles. The van der Waals surface area contributed by atoms with Crippen LogP contribution in [0.25, 0.3) is 4.96 Å². The predicted octanol–water partition coefficient (Wildman–Crippen LogP) is 1.05. The van der Waals surface area contributed by atoms with E-state index in [1.54, 1.807) is 11.3 Å². The molecule has 0 bridgehead atoms. The van der Waals surface area contributed by atoms with E-state index in [1.165, 1.54) is 0 Å². The van der Waals surface area contributed by atoms with Gasteiger partial charge in [0.2, 0.25) is 0 Å². The highest BCUT2D eigenvalue weighted by molar-refractivity contribution is 7.15. The van der Waals surface area contributed by atoms with Crippen molar-refractivity contribution in [2.24, 2.45) is 0 Å². The maximum Gasteiger partial charge on any atom is 0.193 e. The van der Waals surface area contributed by atoms with Crippen LogP contribution >= 0.6 is 11.3 Å². The number of likely N-dealkylation sites (N-methyl/N-ethyl adjacent to an activating group) is 1. The van der Waals surface area contributed by atoms with Crippen LogP contribution in [0.2, 0.25) is 0 Å². The van der Waals surface area contributed by atoms with Gasteiger partial charge in [-0.05, 0) is 14.1 Å². The van der Waals surface area contributed by atoms with Crippen molar-refractivity contribution < 1.29 is 0 Å². The summed E-state index contributed by atoms with van der Waals surface area (Å²) >= 11 is 1.67. The Morgan fingerprint density at radius 2 is 2.40 bits per heavy atom. The average molecular weight is 224 g/mol. The van der Waals surface area contributed by atoms with Crippen LogP contribution in [0.4, 0.5) is 0 Å². The molecule has 0 aliphatic heterocycles. The number of hydrogen-bond donors (Lipinski definition) is 1. The van der Waals surface area contributed by atoms with Gasteiger partial charge in [-0.1, -0.05) is 0 Å². The third-order valence-corrected chi connectivity index (χ3v) is 2.96. The van der Waals surface area contributed by atoms with Crippen LogP contribution < -0.4 is 5.32 Å². The molecule has 2 aromatic rings. The van der Waals surface area contributed by atoms with Crippen LogP contribution in [0.3, 0.4) is 0 Å². The van der Waals surface area contributed by atoms with E-state index in [1.807, 2.05) is 11.6 Å². The Balaban J connectivity index is 1.82. The van der Waals surface area contributed by atoms with Gasteiger partial charge in [0.15, 0.2) is 4.96 Å². The van der Waals surface area contributed by atoms with E-state index >= 15 is 0 Å². The molecule has 15 heavy (non-hydrogen) atoms. The molecule has 2 aromatic heterocycles. The van der Waals surface area contributed by atoms with Crippen LogP contribution in [-0.2, 0) is 6.54 Å². The molecule has 0 atom stereocenters. The monoisotopic (exact) mass is 224 g/mol. The smallest absolute Gasteiger partial charge is 0.193 e.